The van der Waals surface area contributed by atoms with Crippen LogP contribution in [-0.4, -0.2) is 16.8 Å². The van der Waals surface area contributed by atoms with E-state index in [9.17, 15) is 9.59 Å². The van der Waals surface area contributed by atoms with Crippen LogP contribution < -0.4 is 10.6 Å². The molecule has 1 saturated heterocycles. The van der Waals surface area contributed by atoms with Crippen molar-refractivity contribution < 1.29 is 9.59 Å². The summed E-state index contributed by atoms with van der Waals surface area (Å²) in [6.45, 7) is 0. The quantitative estimate of drug-likeness (QED) is 0.592. The van der Waals surface area contributed by atoms with Crippen molar-refractivity contribution in [1.82, 2.24) is 4.98 Å². The topological polar surface area (TPSA) is 76.3 Å². The van der Waals surface area contributed by atoms with E-state index in [4.69, 9.17) is 5.73 Å². The molecule has 3 rings (SSSR count). The van der Waals surface area contributed by atoms with Gasteiger partial charge in [0.15, 0.2) is 0 Å². The Morgan fingerprint density at radius 2 is 1.72 bits per heavy atom. The van der Waals surface area contributed by atoms with Crippen LogP contribution in [0.4, 0.5) is 11.5 Å². The van der Waals surface area contributed by atoms with Gasteiger partial charge in [0, 0.05) is 0 Å². The van der Waals surface area contributed by atoms with Gasteiger partial charge in [-0.3, -0.25) is 9.59 Å². The van der Waals surface area contributed by atoms with E-state index in [1.807, 2.05) is 12.2 Å². The molecule has 1 fully saturated rings. The van der Waals surface area contributed by atoms with Crippen LogP contribution in [0, 0.1) is 11.8 Å². The first-order valence-corrected chi connectivity index (χ1v) is 5.93. The molecule has 5 heteroatoms. The Balaban J connectivity index is 1.96. The molecule has 18 heavy (non-hydrogen) atoms. The third kappa shape index (κ3) is 1.51. The molecular formula is C13H13N3O2. The molecule has 2 atom stereocenters. The second kappa shape index (κ2) is 3.94. The van der Waals surface area contributed by atoms with E-state index in [1.54, 1.807) is 12.1 Å². The van der Waals surface area contributed by atoms with Crippen molar-refractivity contribution >= 4 is 23.3 Å². The van der Waals surface area contributed by atoms with E-state index < -0.39 is 0 Å². The number of nitrogens with zero attached hydrogens (tertiary/aromatic N) is 2. The first-order chi connectivity index (χ1) is 8.68. The van der Waals surface area contributed by atoms with Crippen LogP contribution >= 0.6 is 0 Å². The van der Waals surface area contributed by atoms with E-state index in [2.05, 4.69) is 4.98 Å². The highest BCUT2D eigenvalue weighted by molar-refractivity contribution is 6.22. The highest BCUT2D eigenvalue weighted by Gasteiger charge is 2.47. The van der Waals surface area contributed by atoms with Gasteiger partial charge < -0.3 is 5.73 Å². The maximum atomic E-state index is 12.2. The number of fused-ring (bicyclic) bond motifs is 1. The van der Waals surface area contributed by atoms with Crippen LogP contribution in [0.1, 0.15) is 12.8 Å². The van der Waals surface area contributed by atoms with Crippen molar-refractivity contribution in [3.05, 3.63) is 30.5 Å². The molecule has 1 aliphatic carbocycles. The summed E-state index contributed by atoms with van der Waals surface area (Å²) in [6.07, 6.45) is 6.70. The van der Waals surface area contributed by atoms with Crippen LogP contribution in [0.3, 0.4) is 0 Å². The Kier molecular flexibility index (Phi) is 2.40. The Labute approximate surface area is 104 Å². The van der Waals surface area contributed by atoms with Crippen LogP contribution in [0.2, 0.25) is 0 Å². The van der Waals surface area contributed by atoms with Gasteiger partial charge in [-0.2, -0.15) is 0 Å². The third-order valence-electron chi connectivity index (χ3n) is 3.54. The molecule has 5 nitrogen and oxygen atoms in total. The predicted octanol–water partition coefficient (Wildman–Crippen LogP) is 1.12. The van der Waals surface area contributed by atoms with Crippen LogP contribution in [0.5, 0.6) is 0 Å². The molecule has 2 amide bonds. The van der Waals surface area contributed by atoms with Crippen LogP contribution in [0.15, 0.2) is 30.5 Å². The van der Waals surface area contributed by atoms with Crippen molar-refractivity contribution in [2.24, 2.45) is 11.8 Å². The number of hydrogen-bond acceptors (Lipinski definition) is 4. The summed E-state index contributed by atoms with van der Waals surface area (Å²) < 4.78 is 0. The number of rotatable bonds is 1. The monoisotopic (exact) mass is 243 g/mol. The summed E-state index contributed by atoms with van der Waals surface area (Å²) in [5.74, 6) is -0.293. The lowest BCUT2D eigenvalue weighted by Gasteiger charge is -2.14. The summed E-state index contributed by atoms with van der Waals surface area (Å²) in [7, 11) is 0. The summed E-state index contributed by atoms with van der Waals surface area (Å²) in [5.41, 5.74) is 6.01. The minimum absolute atomic E-state index is 0.124. The Hall–Kier alpha value is -2.17. The summed E-state index contributed by atoms with van der Waals surface area (Å²) in [4.78, 5) is 29.7. The minimum Gasteiger partial charge on any atom is -0.384 e. The lowest BCUT2D eigenvalue weighted by atomic mass is 9.85. The van der Waals surface area contributed by atoms with Crippen LogP contribution in [-0.2, 0) is 9.59 Å². The highest BCUT2D eigenvalue weighted by atomic mass is 16.2. The first-order valence-electron chi connectivity index (χ1n) is 5.93. The lowest BCUT2D eigenvalue weighted by molar-refractivity contribution is -0.122. The number of amides is 2. The van der Waals surface area contributed by atoms with Gasteiger partial charge in [0.25, 0.3) is 0 Å². The average molecular weight is 243 g/mol. The number of anilines is 2. The molecule has 1 aromatic heterocycles. The molecule has 0 bridgehead atoms. The van der Waals surface area contributed by atoms with E-state index in [0.29, 0.717) is 24.3 Å². The average Bonchev–Trinajstić information content (AvgIpc) is 2.64. The molecule has 0 spiro atoms. The zero-order valence-electron chi connectivity index (χ0n) is 9.74. The predicted molar refractivity (Wildman–Crippen MR) is 66.5 cm³/mol. The summed E-state index contributed by atoms with van der Waals surface area (Å²) in [5, 5.41) is 0. The van der Waals surface area contributed by atoms with Crippen molar-refractivity contribution in [3.63, 3.8) is 0 Å². The maximum absolute atomic E-state index is 12.2. The molecule has 0 saturated carbocycles. The van der Waals surface area contributed by atoms with E-state index in [0.717, 1.165) is 0 Å². The lowest BCUT2D eigenvalue weighted by Crippen LogP contribution is -2.30. The van der Waals surface area contributed by atoms with Crippen molar-refractivity contribution in [1.29, 1.82) is 0 Å². The smallest absolute Gasteiger partial charge is 0.238 e. The molecule has 0 radical (unpaired) electrons. The zero-order valence-corrected chi connectivity index (χ0v) is 9.74. The highest BCUT2D eigenvalue weighted by Crippen LogP contribution is 2.37. The molecule has 0 aromatic carbocycles. The Morgan fingerprint density at radius 3 is 2.22 bits per heavy atom. The fourth-order valence-electron chi connectivity index (χ4n) is 2.58. The van der Waals surface area contributed by atoms with Gasteiger partial charge >= 0.3 is 0 Å². The van der Waals surface area contributed by atoms with E-state index >= 15 is 0 Å². The van der Waals surface area contributed by atoms with Gasteiger partial charge in [-0.15, -0.1) is 0 Å². The minimum atomic E-state index is -0.208. The molecule has 2 heterocycles. The standard InChI is InChI=1S/C13H13N3O2/c14-11-6-5-8(7-15-11)16-12(17)9-3-1-2-4-10(9)13(16)18/h1-2,5-7,9-10H,3-4H2,(H2,14,15)/t9-,10+. The number of allylic oxidation sites excluding steroid dienone is 2. The molecular weight excluding hydrogens is 230 g/mol. The number of nitrogen functional groups attached to an aromatic ring is 1. The van der Waals surface area contributed by atoms with Gasteiger partial charge in [0.05, 0.1) is 23.7 Å². The van der Waals surface area contributed by atoms with Gasteiger partial charge in [0.2, 0.25) is 11.8 Å². The second-order valence-corrected chi connectivity index (χ2v) is 4.61. The van der Waals surface area contributed by atoms with E-state index in [1.165, 1.54) is 11.1 Å². The van der Waals surface area contributed by atoms with Gasteiger partial charge in [0.1, 0.15) is 5.82 Å². The molecule has 1 aromatic rings. The van der Waals surface area contributed by atoms with Gasteiger partial charge in [-0.05, 0) is 25.0 Å². The number of nitrogens with two attached hydrogens (primary N) is 1. The van der Waals surface area contributed by atoms with E-state index in [-0.39, 0.29) is 23.7 Å². The number of carbonyl (C=O) groups is 2. The maximum Gasteiger partial charge on any atom is 0.238 e. The number of carbonyl (C=O) groups excluding carboxylic acids is 2. The van der Waals surface area contributed by atoms with Gasteiger partial charge in [-0.25, -0.2) is 9.88 Å². The largest absolute Gasteiger partial charge is 0.384 e. The number of imide groups is 1. The van der Waals surface area contributed by atoms with Crippen molar-refractivity contribution in [2.45, 2.75) is 12.8 Å². The fourth-order valence-corrected chi connectivity index (χ4v) is 2.58. The molecule has 1 aliphatic heterocycles. The van der Waals surface area contributed by atoms with Crippen molar-refractivity contribution in [3.8, 4) is 0 Å². The molecule has 0 unspecified atom stereocenters. The fraction of sp³-hybridized carbons (Fsp3) is 0.308. The molecule has 92 valence electrons. The number of hydrogen-bond donors (Lipinski definition) is 1. The Morgan fingerprint density at radius 1 is 1.11 bits per heavy atom. The normalized spacial score (nSPS) is 26.6. The van der Waals surface area contributed by atoms with Crippen LogP contribution in [0.25, 0.3) is 0 Å². The first kappa shape index (κ1) is 11.0. The number of pyridine rings is 1. The molecule has 2 aliphatic rings. The zero-order chi connectivity index (χ0) is 12.7. The Bertz CT molecular complexity index is 510. The summed E-state index contributed by atoms with van der Waals surface area (Å²) in [6, 6.07) is 3.25. The van der Waals surface area contributed by atoms with Crippen molar-refractivity contribution in [2.75, 3.05) is 10.6 Å². The van der Waals surface area contributed by atoms with Gasteiger partial charge in [-0.1, -0.05) is 12.2 Å². The number of aromatic nitrogens is 1. The molecule has 2 N–H and O–H groups in total. The SMILES string of the molecule is Nc1ccc(N2C(=O)[C@H]3CC=CC[C@H]3C2=O)cn1. The second-order valence-electron chi connectivity index (χ2n) is 4.61. The summed E-state index contributed by atoms with van der Waals surface area (Å²) >= 11 is 0. The third-order valence-corrected chi connectivity index (χ3v) is 3.54.